The minimum Gasteiger partial charge on any atom is -0.395 e. The van der Waals surface area contributed by atoms with Crippen molar-refractivity contribution >= 4 is 11.6 Å². The maximum atomic E-state index is 11.8. The number of carbonyl (C=O) groups is 1. The summed E-state index contributed by atoms with van der Waals surface area (Å²) in [5, 5.41) is 20.8. The first kappa shape index (κ1) is 15.5. The van der Waals surface area contributed by atoms with Gasteiger partial charge in [-0.1, -0.05) is 0 Å². The molecule has 0 radical (unpaired) electrons. The van der Waals surface area contributed by atoms with Gasteiger partial charge < -0.3 is 10.4 Å². The van der Waals surface area contributed by atoms with Gasteiger partial charge in [0.15, 0.2) is 0 Å². The molecule has 1 saturated heterocycles. The van der Waals surface area contributed by atoms with Crippen molar-refractivity contribution in [1.82, 2.24) is 4.90 Å². The molecule has 0 aliphatic carbocycles. The predicted octanol–water partition coefficient (Wildman–Crippen LogP) is 1.73. The number of carbonyl (C=O) groups excluding carboxylic acids is 1. The lowest BCUT2D eigenvalue weighted by atomic mass is 10.2. The SMILES string of the molecule is N#Cc1ccc(NC(=O)CCCN2CCCC2CO)cc1. The molecule has 0 aromatic heterocycles. The highest BCUT2D eigenvalue weighted by atomic mass is 16.3. The second-order valence-corrected chi connectivity index (χ2v) is 5.36. The molecule has 2 rings (SSSR count). The van der Waals surface area contributed by atoms with Crippen molar-refractivity contribution in [3.8, 4) is 6.07 Å². The van der Waals surface area contributed by atoms with Crippen LogP contribution in [0.2, 0.25) is 0 Å². The summed E-state index contributed by atoms with van der Waals surface area (Å²) >= 11 is 0. The third kappa shape index (κ3) is 4.55. The Morgan fingerprint density at radius 2 is 2.19 bits per heavy atom. The molecule has 5 nitrogen and oxygen atoms in total. The molecule has 1 fully saturated rings. The zero-order valence-corrected chi connectivity index (χ0v) is 12.1. The second-order valence-electron chi connectivity index (χ2n) is 5.36. The summed E-state index contributed by atoms with van der Waals surface area (Å²) in [6.07, 6.45) is 3.43. The van der Waals surface area contributed by atoms with Gasteiger partial charge in [0.2, 0.25) is 5.91 Å². The largest absolute Gasteiger partial charge is 0.395 e. The zero-order valence-electron chi connectivity index (χ0n) is 12.1. The normalized spacial score (nSPS) is 18.4. The molecule has 1 amide bonds. The van der Waals surface area contributed by atoms with Crippen LogP contribution in [0, 0.1) is 11.3 Å². The highest BCUT2D eigenvalue weighted by Crippen LogP contribution is 2.17. The molecule has 0 spiro atoms. The van der Waals surface area contributed by atoms with Crippen molar-refractivity contribution in [3.63, 3.8) is 0 Å². The lowest BCUT2D eigenvalue weighted by Crippen LogP contribution is -2.33. The molecule has 1 unspecified atom stereocenters. The van der Waals surface area contributed by atoms with E-state index in [9.17, 15) is 9.90 Å². The summed E-state index contributed by atoms with van der Waals surface area (Å²) in [7, 11) is 0. The molecule has 1 aromatic rings. The van der Waals surface area contributed by atoms with Crippen LogP contribution >= 0.6 is 0 Å². The standard InChI is InChI=1S/C16H21N3O2/c17-11-13-5-7-14(8-6-13)18-16(21)4-2-10-19-9-1-3-15(19)12-20/h5-8,15,20H,1-4,9-10,12H2,(H,18,21). The Morgan fingerprint density at radius 3 is 2.86 bits per heavy atom. The highest BCUT2D eigenvalue weighted by molar-refractivity contribution is 5.90. The Balaban J connectivity index is 1.71. The average molecular weight is 287 g/mol. The van der Waals surface area contributed by atoms with Gasteiger partial charge in [-0.2, -0.15) is 5.26 Å². The summed E-state index contributed by atoms with van der Waals surface area (Å²) in [4.78, 5) is 14.1. The molecule has 1 aliphatic heterocycles. The van der Waals surface area contributed by atoms with Crippen molar-refractivity contribution in [2.24, 2.45) is 0 Å². The van der Waals surface area contributed by atoms with E-state index < -0.39 is 0 Å². The Kier molecular flexibility index (Phi) is 5.73. The number of likely N-dealkylation sites (tertiary alicyclic amines) is 1. The van der Waals surface area contributed by atoms with E-state index in [4.69, 9.17) is 5.26 Å². The van der Waals surface area contributed by atoms with Crippen LogP contribution in [0.4, 0.5) is 5.69 Å². The smallest absolute Gasteiger partial charge is 0.224 e. The fraction of sp³-hybridized carbons (Fsp3) is 0.500. The minimum atomic E-state index is -0.0144. The number of aliphatic hydroxyl groups excluding tert-OH is 1. The fourth-order valence-electron chi connectivity index (χ4n) is 2.69. The van der Waals surface area contributed by atoms with Gasteiger partial charge in [-0.25, -0.2) is 0 Å². The van der Waals surface area contributed by atoms with E-state index in [0.29, 0.717) is 17.7 Å². The summed E-state index contributed by atoms with van der Waals surface area (Å²) < 4.78 is 0. The number of nitrogens with zero attached hydrogens (tertiary/aromatic N) is 2. The van der Waals surface area contributed by atoms with Crippen LogP contribution in [0.3, 0.4) is 0 Å². The Labute approximate surface area is 125 Å². The number of amides is 1. The van der Waals surface area contributed by atoms with Gasteiger partial charge in [0.25, 0.3) is 0 Å². The molecule has 0 saturated carbocycles. The first-order valence-corrected chi connectivity index (χ1v) is 7.38. The molecule has 21 heavy (non-hydrogen) atoms. The Hall–Kier alpha value is -1.90. The van der Waals surface area contributed by atoms with E-state index in [2.05, 4.69) is 10.2 Å². The first-order valence-electron chi connectivity index (χ1n) is 7.38. The molecule has 5 heteroatoms. The summed E-state index contributed by atoms with van der Waals surface area (Å²) in [6, 6.07) is 9.16. The van der Waals surface area contributed by atoms with Gasteiger partial charge in [0.1, 0.15) is 0 Å². The summed E-state index contributed by atoms with van der Waals surface area (Å²) in [6.45, 7) is 2.08. The molecule has 0 bridgehead atoms. The first-order chi connectivity index (χ1) is 10.2. The van der Waals surface area contributed by atoms with E-state index in [1.54, 1.807) is 24.3 Å². The maximum Gasteiger partial charge on any atom is 0.224 e. The third-order valence-corrected chi connectivity index (χ3v) is 3.86. The monoisotopic (exact) mass is 287 g/mol. The van der Waals surface area contributed by atoms with E-state index in [1.165, 1.54) is 0 Å². The quantitative estimate of drug-likeness (QED) is 0.835. The number of nitrogens with one attached hydrogen (secondary N) is 1. The van der Waals surface area contributed by atoms with Crippen molar-refractivity contribution in [1.29, 1.82) is 5.26 Å². The van der Waals surface area contributed by atoms with Crippen LogP contribution in [0.1, 0.15) is 31.2 Å². The molecule has 2 N–H and O–H groups in total. The van der Waals surface area contributed by atoms with Crippen LogP contribution in [-0.2, 0) is 4.79 Å². The molecule has 112 valence electrons. The lowest BCUT2D eigenvalue weighted by molar-refractivity contribution is -0.116. The molecular formula is C16H21N3O2. The van der Waals surface area contributed by atoms with Crippen molar-refractivity contribution in [3.05, 3.63) is 29.8 Å². The third-order valence-electron chi connectivity index (χ3n) is 3.86. The van der Waals surface area contributed by atoms with Gasteiger partial charge in [-0.15, -0.1) is 0 Å². The van der Waals surface area contributed by atoms with E-state index in [1.807, 2.05) is 6.07 Å². The lowest BCUT2D eigenvalue weighted by Gasteiger charge is -2.22. The van der Waals surface area contributed by atoms with Crippen LogP contribution in [0.5, 0.6) is 0 Å². The molecule has 1 heterocycles. The van der Waals surface area contributed by atoms with Crippen LogP contribution in [0.25, 0.3) is 0 Å². The van der Waals surface area contributed by atoms with Crippen LogP contribution in [0.15, 0.2) is 24.3 Å². The fourth-order valence-corrected chi connectivity index (χ4v) is 2.69. The van der Waals surface area contributed by atoms with Crippen LogP contribution < -0.4 is 5.32 Å². The van der Waals surface area contributed by atoms with E-state index in [-0.39, 0.29) is 18.6 Å². The highest BCUT2D eigenvalue weighted by Gasteiger charge is 2.22. The molecule has 1 aliphatic rings. The summed E-state index contributed by atoms with van der Waals surface area (Å²) in [5.74, 6) is -0.0144. The minimum absolute atomic E-state index is 0.0144. The van der Waals surface area contributed by atoms with Gasteiger partial charge in [-0.05, 0) is 56.6 Å². The van der Waals surface area contributed by atoms with Crippen LogP contribution in [-0.4, -0.2) is 41.7 Å². The number of nitriles is 1. The van der Waals surface area contributed by atoms with E-state index >= 15 is 0 Å². The van der Waals surface area contributed by atoms with Crippen molar-refractivity contribution < 1.29 is 9.90 Å². The zero-order chi connectivity index (χ0) is 15.1. The van der Waals surface area contributed by atoms with Gasteiger partial charge in [0, 0.05) is 18.2 Å². The Morgan fingerprint density at radius 1 is 1.43 bits per heavy atom. The molecule has 1 aromatic carbocycles. The number of hydrogen-bond acceptors (Lipinski definition) is 4. The maximum absolute atomic E-state index is 11.8. The molecular weight excluding hydrogens is 266 g/mol. The van der Waals surface area contributed by atoms with Gasteiger partial charge in [0.05, 0.1) is 18.2 Å². The number of aliphatic hydroxyl groups is 1. The number of benzene rings is 1. The second kappa shape index (κ2) is 7.77. The average Bonchev–Trinajstić information content (AvgIpc) is 2.95. The summed E-state index contributed by atoms with van der Waals surface area (Å²) in [5.41, 5.74) is 1.30. The predicted molar refractivity (Wildman–Crippen MR) is 80.7 cm³/mol. The number of hydrogen-bond donors (Lipinski definition) is 2. The number of rotatable bonds is 6. The van der Waals surface area contributed by atoms with Gasteiger partial charge in [-0.3, -0.25) is 9.69 Å². The van der Waals surface area contributed by atoms with Crippen molar-refractivity contribution in [2.45, 2.75) is 31.7 Å². The van der Waals surface area contributed by atoms with E-state index in [0.717, 1.165) is 32.4 Å². The molecule has 1 atom stereocenters. The van der Waals surface area contributed by atoms with Crippen molar-refractivity contribution in [2.75, 3.05) is 25.0 Å². The topological polar surface area (TPSA) is 76.4 Å². The Bertz CT molecular complexity index is 507. The van der Waals surface area contributed by atoms with Gasteiger partial charge >= 0.3 is 0 Å². The number of anilines is 1.